The zero-order chi connectivity index (χ0) is 12.1. The molecule has 5 heteroatoms. The van der Waals surface area contributed by atoms with Gasteiger partial charge < -0.3 is 5.32 Å². The average Bonchev–Trinajstić information content (AvgIpc) is 2.68. The van der Waals surface area contributed by atoms with Crippen molar-refractivity contribution in [1.29, 1.82) is 0 Å². The van der Waals surface area contributed by atoms with Crippen molar-refractivity contribution >= 4 is 5.91 Å². The molecule has 1 amide bonds. The van der Waals surface area contributed by atoms with Crippen LogP contribution in [-0.2, 0) is 11.3 Å². The maximum absolute atomic E-state index is 11.6. The summed E-state index contributed by atoms with van der Waals surface area (Å²) in [7, 11) is 0. The van der Waals surface area contributed by atoms with Gasteiger partial charge in [0.05, 0.1) is 18.8 Å². The number of aromatic nitrogens is 3. The lowest BCUT2D eigenvalue weighted by Gasteiger charge is -2.23. The number of nitrogens with zero attached hydrogens (tertiary/aromatic N) is 3. The predicted octanol–water partition coefficient (Wildman–Crippen LogP) is 1.07. The van der Waals surface area contributed by atoms with E-state index in [1.165, 1.54) is 0 Å². The molecule has 0 saturated carbocycles. The number of rotatable bonds is 5. The lowest BCUT2D eigenvalue weighted by Crippen LogP contribution is -2.43. The highest BCUT2D eigenvalue weighted by molar-refractivity contribution is 5.78. The first-order valence-corrected chi connectivity index (χ1v) is 5.65. The quantitative estimate of drug-likeness (QED) is 0.814. The molecular formula is C11H20N4O. The van der Waals surface area contributed by atoms with E-state index in [4.69, 9.17) is 0 Å². The van der Waals surface area contributed by atoms with Gasteiger partial charge in [-0.1, -0.05) is 32.9 Å². The van der Waals surface area contributed by atoms with Crippen LogP contribution in [0.15, 0.2) is 12.4 Å². The first kappa shape index (κ1) is 12.7. The summed E-state index contributed by atoms with van der Waals surface area (Å²) in [6, 6.07) is 0.0941. The molecule has 5 nitrogen and oxygen atoms in total. The summed E-state index contributed by atoms with van der Waals surface area (Å²) in [4.78, 5) is 11.6. The fourth-order valence-corrected chi connectivity index (χ4v) is 1.30. The van der Waals surface area contributed by atoms with Gasteiger partial charge in [-0.25, -0.2) is 0 Å². The fraction of sp³-hybridized carbons (Fsp3) is 0.727. The van der Waals surface area contributed by atoms with Crippen molar-refractivity contribution in [2.24, 2.45) is 11.8 Å². The monoisotopic (exact) mass is 224 g/mol. The standard InChI is InChI=1S/C11H20N4O/c1-8(2)10(13-11(16)9(3)4)7-15-6-5-12-14-15/h5-6,8-10H,7H2,1-4H3,(H,13,16)/t10-/m0/s1. The van der Waals surface area contributed by atoms with Gasteiger partial charge in [-0.2, -0.15) is 0 Å². The van der Waals surface area contributed by atoms with Crippen LogP contribution in [0.1, 0.15) is 27.7 Å². The predicted molar refractivity (Wildman–Crippen MR) is 61.6 cm³/mol. The van der Waals surface area contributed by atoms with Crippen LogP contribution in [0.2, 0.25) is 0 Å². The van der Waals surface area contributed by atoms with Crippen LogP contribution in [0.25, 0.3) is 0 Å². The fourth-order valence-electron chi connectivity index (χ4n) is 1.30. The summed E-state index contributed by atoms with van der Waals surface area (Å²) in [5.41, 5.74) is 0. The minimum atomic E-state index is 0.0111. The van der Waals surface area contributed by atoms with Gasteiger partial charge in [0, 0.05) is 12.1 Å². The van der Waals surface area contributed by atoms with Crippen LogP contribution < -0.4 is 5.32 Å². The van der Waals surface area contributed by atoms with Crippen molar-refractivity contribution in [3.8, 4) is 0 Å². The van der Waals surface area contributed by atoms with Crippen LogP contribution in [0.4, 0.5) is 0 Å². The Balaban J connectivity index is 2.58. The molecule has 0 fully saturated rings. The van der Waals surface area contributed by atoms with Gasteiger partial charge in [0.2, 0.25) is 5.91 Å². The Morgan fingerprint density at radius 1 is 1.38 bits per heavy atom. The van der Waals surface area contributed by atoms with E-state index in [0.29, 0.717) is 12.5 Å². The second kappa shape index (κ2) is 5.63. The number of nitrogens with one attached hydrogen (secondary N) is 1. The summed E-state index contributed by atoms with van der Waals surface area (Å²) in [6.45, 7) is 8.62. The molecule has 0 bridgehead atoms. The number of hydrogen-bond acceptors (Lipinski definition) is 3. The summed E-state index contributed by atoms with van der Waals surface area (Å²) in [5, 5.41) is 10.7. The molecule has 0 unspecified atom stereocenters. The molecular weight excluding hydrogens is 204 g/mol. The van der Waals surface area contributed by atoms with Gasteiger partial charge in [0.25, 0.3) is 0 Å². The van der Waals surface area contributed by atoms with Crippen LogP contribution in [-0.4, -0.2) is 26.9 Å². The Bertz CT molecular complexity index is 319. The third-order valence-electron chi connectivity index (χ3n) is 2.51. The Labute approximate surface area is 96.2 Å². The highest BCUT2D eigenvalue weighted by Crippen LogP contribution is 2.05. The third kappa shape index (κ3) is 3.64. The lowest BCUT2D eigenvalue weighted by atomic mass is 10.0. The smallest absolute Gasteiger partial charge is 0.222 e. The van der Waals surface area contributed by atoms with E-state index < -0.39 is 0 Å². The zero-order valence-electron chi connectivity index (χ0n) is 10.3. The zero-order valence-corrected chi connectivity index (χ0v) is 10.3. The molecule has 1 heterocycles. The van der Waals surface area contributed by atoms with Crippen LogP contribution in [0, 0.1) is 11.8 Å². The molecule has 0 radical (unpaired) electrons. The lowest BCUT2D eigenvalue weighted by molar-refractivity contribution is -0.125. The van der Waals surface area contributed by atoms with E-state index in [9.17, 15) is 4.79 Å². The van der Waals surface area contributed by atoms with Crippen molar-refractivity contribution in [1.82, 2.24) is 20.3 Å². The van der Waals surface area contributed by atoms with E-state index in [0.717, 1.165) is 0 Å². The molecule has 0 aliphatic carbocycles. The molecule has 0 aliphatic heterocycles. The molecule has 1 aromatic heterocycles. The highest BCUT2D eigenvalue weighted by atomic mass is 16.1. The van der Waals surface area contributed by atoms with Gasteiger partial charge in [-0.15, -0.1) is 5.10 Å². The molecule has 0 aromatic carbocycles. The van der Waals surface area contributed by atoms with E-state index in [2.05, 4.69) is 29.5 Å². The summed E-state index contributed by atoms with van der Waals surface area (Å²) in [5.74, 6) is 0.461. The van der Waals surface area contributed by atoms with E-state index in [1.54, 1.807) is 17.1 Å². The molecule has 0 saturated heterocycles. The van der Waals surface area contributed by atoms with Crippen molar-refractivity contribution in [2.45, 2.75) is 40.3 Å². The van der Waals surface area contributed by atoms with Gasteiger partial charge in [0.1, 0.15) is 0 Å². The Kier molecular flexibility index (Phi) is 4.46. The Morgan fingerprint density at radius 3 is 2.50 bits per heavy atom. The maximum atomic E-state index is 11.6. The molecule has 90 valence electrons. The molecule has 1 atom stereocenters. The summed E-state index contributed by atoms with van der Waals surface area (Å²) in [6.07, 6.45) is 3.44. The number of hydrogen-bond donors (Lipinski definition) is 1. The van der Waals surface area contributed by atoms with Crippen molar-refractivity contribution < 1.29 is 4.79 Å². The second-order valence-electron chi connectivity index (χ2n) is 4.64. The van der Waals surface area contributed by atoms with Crippen molar-refractivity contribution in [2.75, 3.05) is 0 Å². The van der Waals surface area contributed by atoms with E-state index >= 15 is 0 Å². The largest absolute Gasteiger partial charge is 0.351 e. The first-order chi connectivity index (χ1) is 7.50. The molecule has 1 rings (SSSR count). The van der Waals surface area contributed by atoms with Crippen molar-refractivity contribution in [3.05, 3.63) is 12.4 Å². The van der Waals surface area contributed by atoms with Gasteiger partial charge in [-0.05, 0) is 5.92 Å². The second-order valence-corrected chi connectivity index (χ2v) is 4.64. The first-order valence-electron chi connectivity index (χ1n) is 5.65. The molecule has 16 heavy (non-hydrogen) atoms. The third-order valence-corrected chi connectivity index (χ3v) is 2.51. The van der Waals surface area contributed by atoms with Gasteiger partial charge in [-0.3, -0.25) is 9.48 Å². The minimum Gasteiger partial charge on any atom is -0.351 e. The van der Waals surface area contributed by atoms with E-state index in [-0.39, 0.29) is 17.9 Å². The highest BCUT2D eigenvalue weighted by Gasteiger charge is 2.18. The number of carbonyl (C=O) groups is 1. The molecule has 1 N–H and O–H groups in total. The van der Waals surface area contributed by atoms with Crippen LogP contribution in [0.5, 0.6) is 0 Å². The molecule has 0 spiro atoms. The van der Waals surface area contributed by atoms with E-state index in [1.807, 2.05) is 13.8 Å². The molecule has 1 aromatic rings. The number of carbonyl (C=O) groups excluding carboxylic acids is 1. The SMILES string of the molecule is CC(C)C(=O)N[C@@H](Cn1ccnn1)C(C)C. The topological polar surface area (TPSA) is 59.8 Å². The van der Waals surface area contributed by atoms with Crippen LogP contribution in [0.3, 0.4) is 0 Å². The summed E-state index contributed by atoms with van der Waals surface area (Å²) >= 11 is 0. The molecule has 0 aliphatic rings. The number of amides is 1. The van der Waals surface area contributed by atoms with Crippen LogP contribution >= 0.6 is 0 Å². The summed E-state index contributed by atoms with van der Waals surface area (Å²) < 4.78 is 1.74. The normalized spacial score (nSPS) is 13.1. The minimum absolute atomic E-state index is 0.0111. The van der Waals surface area contributed by atoms with Gasteiger partial charge in [0.15, 0.2) is 0 Å². The Hall–Kier alpha value is -1.39. The van der Waals surface area contributed by atoms with Gasteiger partial charge >= 0.3 is 0 Å². The maximum Gasteiger partial charge on any atom is 0.222 e. The van der Waals surface area contributed by atoms with Crippen molar-refractivity contribution in [3.63, 3.8) is 0 Å². The average molecular weight is 224 g/mol. The Morgan fingerprint density at radius 2 is 2.06 bits per heavy atom.